The van der Waals surface area contributed by atoms with Crippen LogP contribution in [0.2, 0.25) is 0 Å². The average Bonchev–Trinajstić information content (AvgIpc) is 2.91. The monoisotopic (exact) mass is 276 g/mol. The highest BCUT2D eigenvalue weighted by molar-refractivity contribution is 7.09. The summed E-state index contributed by atoms with van der Waals surface area (Å²) < 4.78 is 0. The predicted molar refractivity (Wildman–Crippen MR) is 82.1 cm³/mol. The maximum Gasteiger partial charge on any atom is 0.224 e. The highest BCUT2D eigenvalue weighted by atomic mass is 32.1. The number of likely N-dealkylation sites (N-methyl/N-ethyl adjacent to an activating group) is 1. The van der Waals surface area contributed by atoms with Gasteiger partial charge in [-0.2, -0.15) is 4.98 Å². The fraction of sp³-hybridized carbons (Fsp3) is 0.429. The van der Waals surface area contributed by atoms with Crippen molar-refractivity contribution < 1.29 is 0 Å². The van der Waals surface area contributed by atoms with Crippen LogP contribution in [0.5, 0.6) is 0 Å². The highest BCUT2D eigenvalue weighted by Gasteiger charge is 2.13. The maximum absolute atomic E-state index is 4.52. The Morgan fingerprint density at radius 1 is 1.42 bits per heavy atom. The molecule has 0 saturated heterocycles. The number of aromatic nitrogens is 2. The van der Waals surface area contributed by atoms with E-state index in [4.69, 9.17) is 0 Å². The minimum atomic E-state index is 0.406. The van der Waals surface area contributed by atoms with Crippen LogP contribution in [0.4, 0.5) is 11.8 Å². The molecular formula is C14H20N4S. The second kappa shape index (κ2) is 6.52. The van der Waals surface area contributed by atoms with Crippen molar-refractivity contribution in [3.8, 4) is 0 Å². The smallest absolute Gasteiger partial charge is 0.224 e. The van der Waals surface area contributed by atoms with Gasteiger partial charge in [-0.3, -0.25) is 0 Å². The first kappa shape index (κ1) is 13.8. The van der Waals surface area contributed by atoms with E-state index >= 15 is 0 Å². The summed E-state index contributed by atoms with van der Waals surface area (Å²) in [5.41, 5.74) is 0. The number of hydrogen-bond donors (Lipinski definition) is 1. The van der Waals surface area contributed by atoms with Crippen molar-refractivity contribution >= 4 is 23.1 Å². The zero-order chi connectivity index (χ0) is 13.7. The largest absolute Gasteiger partial charge is 0.356 e. The number of rotatable bonds is 6. The third-order valence-corrected chi connectivity index (χ3v) is 3.97. The summed E-state index contributed by atoms with van der Waals surface area (Å²) >= 11 is 1.80. The van der Waals surface area contributed by atoms with E-state index in [1.165, 1.54) is 4.88 Å². The van der Waals surface area contributed by atoms with E-state index in [1.807, 2.05) is 13.0 Å². The Hall–Kier alpha value is -1.62. The molecule has 0 aromatic carbocycles. The molecule has 2 aromatic rings. The molecule has 102 valence electrons. The molecule has 0 amide bonds. The Kier molecular flexibility index (Phi) is 4.74. The summed E-state index contributed by atoms with van der Waals surface area (Å²) in [6, 6.07) is 6.63. The molecule has 0 bridgehead atoms. The van der Waals surface area contributed by atoms with Crippen molar-refractivity contribution in [2.45, 2.75) is 26.3 Å². The van der Waals surface area contributed by atoms with Gasteiger partial charge in [0.1, 0.15) is 5.82 Å². The fourth-order valence-corrected chi connectivity index (χ4v) is 2.70. The van der Waals surface area contributed by atoms with E-state index in [0.717, 1.165) is 18.8 Å². The van der Waals surface area contributed by atoms with Gasteiger partial charge in [-0.1, -0.05) is 6.07 Å². The van der Waals surface area contributed by atoms with Crippen molar-refractivity contribution in [2.24, 2.45) is 0 Å². The van der Waals surface area contributed by atoms with Gasteiger partial charge < -0.3 is 10.2 Å². The standard InChI is InChI=1S/C14H20N4S/c1-4-15-14-16-8-7-13(17-14)18(3)11(2)10-12-6-5-9-19-12/h5-9,11H,4,10H2,1-3H3,(H,15,16,17). The molecule has 5 heteroatoms. The minimum Gasteiger partial charge on any atom is -0.356 e. The summed E-state index contributed by atoms with van der Waals surface area (Å²) in [7, 11) is 2.08. The van der Waals surface area contributed by atoms with Gasteiger partial charge in [-0.05, 0) is 31.4 Å². The fourth-order valence-electron chi connectivity index (χ4n) is 1.87. The van der Waals surface area contributed by atoms with Gasteiger partial charge in [-0.25, -0.2) is 4.98 Å². The summed E-state index contributed by atoms with van der Waals surface area (Å²) in [5.74, 6) is 1.64. The topological polar surface area (TPSA) is 41.1 Å². The van der Waals surface area contributed by atoms with Gasteiger partial charge in [-0.15, -0.1) is 11.3 Å². The molecule has 0 spiro atoms. The third-order valence-electron chi connectivity index (χ3n) is 3.07. The second-order valence-electron chi connectivity index (χ2n) is 4.51. The molecule has 0 aliphatic rings. The van der Waals surface area contributed by atoms with Crippen LogP contribution in [0.1, 0.15) is 18.7 Å². The molecule has 1 N–H and O–H groups in total. The van der Waals surface area contributed by atoms with Gasteiger partial charge in [0.15, 0.2) is 0 Å². The second-order valence-corrected chi connectivity index (χ2v) is 5.54. The lowest BCUT2D eigenvalue weighted by atomic mass is 10.2. The lowest BCUT2D eigenvalue weighted by Gasteiger charge is -2.25. The number of hydrogen-bond acceptors (Lipinski definition) is 5. The zero-order valence-electron chi connectivity index (χ0n) is 11.6. The highest BCUT2D eigenvalue weighted by Crippen LogP contribution is 2.18. The zero-order valence-corrected chi connectivity index (χ0v) is 12.4. The molecule has 2 heterocycles. The minimum absolute atomic E-state index is 0.406. The van der Waals surface area contributed by atoms with Crippen molar-refractivity contribution in [1.82, 2.24) is 9.97 Å². The van der Waals surface area contributed by atoms with Crippen molar-refractivity contribution in [2.75, 3.05) is 23.8 Å². The Morgan fingerprint density at radius 2 is 2.26 bits per heavy atom. The molecule has 0 radical (unpaired) electrons. The molecule has 0 aliphatic heterocycles. The van der Waals surface area contributed by atoms with Gasteiger partial charge in [0.05, 0.1) is 0 Å². The summed E-state index contributed by atoms with van der Waals surface area (Å²) in [5, 5.41) is 5.26. The van der Waals surface area contributed by atoms with E-state index in [9.17, 15) is 0 Å². The predicted octanol–water partition coefficient (Wildman–Crippen LogP) is 3.04. The number of nitrogens with one attached hydrogen (secondary N) is 1. The van der Waals surface area contributed by atoms with E-state index < -0.39 is 0 Å². The van der Waals surface area contributed by atoms with Crippen LogP contribution < -0.4 is 10.2 Å². The Bertz CT molecular complexity index is 498. The van der Waals surface area contributed by atoms with Crippen LogP contribution in [0.25, 0.3) is 0 Å². The van der Waals surface area contributed by atoms with E-state index in [-0.39, 0.29) is 0 Å². The summed E-state index contributed by atoms with van der Waals surface area (Å²) in [6.45, 7) is 5.09. The average molecular weight is 276 g/mol. The molecular weight excluding hydrogens is 256 g/mol. The maximum atomic E-state index is 4.52. The Morgan fingerprint density at radius 3 is 2.95 bits per heavy atom. The lowest BCUT2D eigenvalue weighted by Crippen LogP contribution is -2.31. The van der Waals surface area contributed by atoms with Gasteiger partial charge in [0.25, 0.3) is 0 Å². The van der Waals surface area contributed by atoms with Gasteiger partial charge in [0, 0.05) is 37.1 Å². The van der Waals surface area contributed by atoms with Gasteiger partial charge >= 0.3 is 0 Å². The molecule has 1 unspecified atom stereocenters. The molecule has 4 nitrogen and oxygen atoms in total. The molecule has 0 aliphatic carbocycles. The first-order chi connectivity index (χ1) is 9.20. The van der Waals surface area contributed by atoms with Crippen LogP contribution in [0.3, 0.4) is 0 Å². The van der Waals surface area contributed by atoms with Crippen molar-refractivity contribution in [3.05, 3.63) is 34.7 Å². The van der Waals surface area contributed by atoms with E-state index in [2.05, 4.69) is 51.7 Å². The first-order valence-electron chi connectivity index (χ1n) is 6.53. The first-order valence-corrected chi connectivity index (χ1v) is 7.40. The van der Waals surface area contributed by atoms with Crippen molar-refractivity contribution in [1.29, 1.82) is 0 Å². The summed E-state index contributed by atoms with van der Waals surface area (Å²) in [6.07, 6.45) is 2.84. The third kappa shape index (κ3) is 3.67. The molecule has 19 heavy (non-hydrogen) atoms. The van der Waals surface area contributed by atoms with E-state index in [1.54, 1.807) is 17.5 Å². The van der Waals surface area contributed by atoms with Crippen LogP contribution >= 0.6 is 11.3 Å². The van der Waals surface area contributed by atoms with Gasteiger partial charge in [0.2, 0.25) is 5.95 Å². The number of thiophene rings is 1. The van der Waals surface area contributed by atoms with E-state index in [0.29, 0.717) is 12.0 Å². The quantitative estimate of drug-likeness (QED) is 0.880. The molecule has 2 aromatic heterocycles. The van der Waals surface area contributed by atoms with Crippen molar-refractivity contribution in [3.63, 3.8) is 0 Å². The molecule has 1 atom stereocenters. The number of nitrogens with zero attached hydrogens (tertiary/aromatic N) is 3. The Labute approximate surface area is 118 Å². The number of anilines is 2. The lowest BCUT2D eigenvalue weighted by molar-refractivity contribution is 0.679. The SMILES string of the molecule is CCNc1nccc(N(C)C(C)Cc2cccs2)n1. The molecule has 0 fully saturated rings. The summed E-state index contributed by atoms with van der Waals surface area (Å²) in [4.78, 5) is 12.3. The Balaban J connectivity index is 2.05. The van der Waals surface area contributed by atoms with Crippen LogP contribution in [0.15, 0.2) is 29.8 Å². The molecule has 2 rings (SSSR count). The van der Waals surface area contributed by atoms with Crippen LogP contribution in [-0.2, 0) is 6.42 Å². The van der Waals surface area contributed by atoms with Crippen LogP contribution in [-0.4, -0.2) is 29.6 Å². The van der Waals surface area contributed by atoms with Crippen LogP contribution in [0, 0.1) is 0 Å². The molecule has 0 saturated carbocycles. The normalized spacial score (nSPS) is 12.2.